The van der Waals surface area contributed by atoms with Crippen LogP contribution in [0.4, 0.5) is 11.4 Å². The lowest BCUT2D eigenvalue weighted by molar-refractivity contribution is -0.119. The molecule has 1 fully saturated rings. The molecule has 2 aromatic rings. The minimum Gasteiger partial charge on any atom is -0.497 e. The predicted octanol–water partition coefficient (Wildman–Crippen LogP) is 1.82. The summed E-state index contributed by atoms with van der Waals surface area (Å²) >= 11 is 0. The number of carbonyl (C=O) groups is 2. The predicted molar refractivity (Wildman–Crippen MR) is 109 cm³/mol. The van der Waals surface area contributed by atoms with Gasteiger partial charge in [-0.05, 0) is 55.3 Å². The molecule has 0 radical (unpaired) electrons. The van der Waals surface area contributed by atoms with Crippen molar-refractivity contribution in [1.82, 2.24) is 4.31 Å². The number of nitrogens with zero attached hydrogens (tertiary/aromatic N) is 1. The number of fused-ring (bicyclic) bond motifs is 1. The lowest BCUT2D eigenvalue weighted by Gasteiger charge is -2.24. The second-order valence-corrected chi connectivity index (χ2v) is 8.88. The zero-order chi connectivity index (χ0) is 21.3. The highest BCUT2D eigenvalue weighted by atomic mass is 32.2. The van der Waals surface area contributed by atoms with Crippen LogP contribution >= 0.6 is 0 Å². The molecule has 2 aliphatic rings. The smallest absolute Gasteiger partial charge is 0.262 e. The highest BCUT2D eigenvalue weighted by Gasteiger charge is 2.40. The number of ether oxygens (including phenoxy) is 2. The number of hydrogen-bond donors (Lipinski definition) is 2. The summed E-state index contributed by atoms with van der Waals surface area (Å²) in [4.78, 5) is 24.3. The number of anilines is 2. The Kier molecular flexibility index (Phi) is 5.35. The highest BCUT2D eigenvalue weighted by Crippen LogP contribution is 2.33. The molecular formula is C20H21N3O6S. The number of benzene rings is 2. The van der Waals surface area contributed by atoms with Gasteiger partial charge in [0.2, 0.25) is 15.9 Å². The standard InChI is InChI=1S/C20H21N3O6S/c1-28-14-6-4-13(5-7-14)21-20(25)17-3-2-10-23(17)30(26,27)15-8-9-18-16(11-15)22-19(24)12-29-18/h4-9,11,17H,2-3,10,12H2,1H3,(H,21,25)(H,22,24)/t17-/m0/s1. The lowest BCUT2D eigenvalue weighted by atomic mass is 10.2. The van der Waals surface area contributed by atoms with Crippen LogP contribution in [0.2, 0.25) is 0 Å². The second-order valence-electron chi connectivity index (χ2n) is 6.99. The van der Waals surface area contributed by atoms with Gasteiger partial charge in [-0.15, -0.1) is 0 Å². The van der Waals surface area contributed by atoms with Crippen molar-refractivity contribution in [3.63, 3.8) is 0 Å². The molecule has 0 unspecified atom stereocenters. The third-order valence-electron chi connectivity index (χ3n) is 5.05. The van der Waals surface area contributed by atoms with E-state index in [1.54, 1.807) is 31.4 Å². The second kappa shape index (κ2) is 7.96. The molecule has 30 heavy (non-hydrogen) atoms. The number of rotatable bonds is 5. The summed E-state index contributed by atoms with van der Waals surface area (Å²) in [5.41, 5.74) is 0.851. The quantitative estimate of drug-likeness (QED) is 0.747. The van der Waals surface area contributed by atoms with Gasteiger partial charge < -0.3 is 20.1 Å². The molecular weight excluding hydrogens is 410 g/mol. The van der Waals surface area contributed by atoms with Gasteiger partial charge in [0.25, 0.3) is 5.91 Å². The van der Waals surface area contributed by atoms with Gasteiger partial charge in [0.1, 0.15) is 17.5 Å². The lowest BCUT2D eigenvalue weighted by Crippen LogP contribution is -2.43. The zero-order valence-corrected chi connectivity index (χ0v) is 17.1. The van der Waals surface area contributed by atoms with E-state index in [0.29, 0.717) is 35.7 Å². The van der Waals surface area contributed by atoms with Crippen molar-refractivity contribution >= 4 is 33.2 Å². The summed E-state index contributed by atoms with van der Waals surface area (Å²) in [6.45, 7) is 0.127. The van der Waals surface area contributed by atoms with Crippen LogP contribution in [0.1, 0.15) is 12.8 Å². The van der Waals surface area contributed by atoms with Crippen molar-refractivity contribution in [2.75, 3.05) is 30.9 Å². The van der Waals surface area contributed by atoms with E-state index in [0.717, 1.165) is 0 Å². The Morgan fingerprint density at radius 2 is 2.00 bits per heavy atom. The topological polar surface area (TPSA) is 114 Å². The first-order chi connectivity index (χ1) is 14.4. The Morgan fingerprint density at radius 1 is 1.23 bits per heavy atom. The van der Waals surface area contributed by atoms with Gasteiger partial charge in [-0.1, -0.05) is 0 Å². The van der Waals surface area contributed by atoms with Gasteiger partial charge in [-0.2, -0.15) is 4.31 Å². The van der Waals surface area contributed by atoms with Crippen molar-refractivity contribution in [1.29, 1.82) is 0 Å². The van der Waals surface area contributed by atoms with Gasteiger partial charge in [-0.25, -0.2) is 8.42 Å². The molecule has 0 saturated carbocycles. The number of carbonyl (C=O) groups excluding carboxylic acids is 2. The summed E-state index contributed by atoms with van der Waals surface area (Å²) < 4.78 is 38.0. The summed E-state index contributed by atoms with van der Waals surface area (Å²) in [6, 6.07) is 10.3. The molecule has 0 aromatic heterocycles. The van der Waals surface area contributed by atoms with Crippen LogP contribution in [0.25, 0.3) is 0 Å². The van der Waals surface area contributed by atoms with Crippen LogP contribution in [0.3, 0.4) is 0 Å². The fourth-order valence-corrected chi connectivity index (χ4v) is 5.23. The van der Waals surface area contributed by atoms with Crippen LogP contribution in [-0.4, -0.2) is 50.8 Å². The van der Waals surface area contributed by atoms with E-state index in [-0.39, 0.29) is 24.0 Å². The van der Waals surface area contributed by atoms with E-state index < -0.39 is 22.0 Å². The molecule has 1 atom stereocenters. The van der Waals surface area contributed by atoms with Gasteiger partial charge in [-0.3, -0.25) is 9.59 Å². The molecule has 4 rings (SSSR count). The summed E-state index contributed by atoms with van der Waals surface area (Å²) in [6.07, 6.45) is 0.997. The summed E-state index contributed by atoms with van der Waals surface area (Å²) in [5.74, 6) is 0.316. The van der Waals surface area contributed by atoms with Crippen molar-refractivity contribution in [3.05, 3.63) is 42.5 Å². The fraction of sp³-hybridized carbons (Fsp3) is 0.300. The Morgan fingerprint density at radius 3 is 2.73 bits per heavy atom. The molecule has 0 aliphatic carbocycles. The monoisotopic (exact) mass is 431 g/mol. The number of methoxy groups -OCH3 is 1. The molecule has 9 nitrogen and oxygen atoms in total. The zero-order valence-electron chi connectivity index (χ0n) is 16.3. The Labute approximate surface area is 174 Å². The van der Waals surface area contributed by atoms with E-state index in [1.807, 2.05) is 0 Å². The maximum absolute atomic E-state index is 13.2. The van der Waals surface area contributed by atoms with E-state index in [9.17, 15) is 18.0 Å². The first kappa shape index (κ1) is 20.2. The van der Waals surface area contributed by atoms with Crippen molar-refractivity contribution in [2.24, 2.45) is 0 Å². The van der Waals surface area contributed by atoms with E-state index in [2.05, 4.69) is 10.6 Å². The molecule has 2 amide bonds. The van der Waals surface area contributed by atoms with Gasteiger partial charge in [0.05, 0.1) is 17.7 Å². The highest BCUT2D eigenvalue weighted by molar-refractivity contribution is 7.89. The van der Waals surface area contributed by atoms with Crippen molar-refractivity contribution in [3.8, 4) is 11.5 Å². The normalized spacial score (nSPS) is 18.8. The van der Waals surface area contributed by atoms with E-state index in [1.165, 1.54) is 22.5 Å². The molecule has 10 heteroatoms. The number of nitrogens with one attached hydrogen (secondary N) is 2. The molecule has 0 bridgehead atoms. The average Bonchev–Trinajstić information content (AvgIpc) is 3.25. The Hall–Kier alpha value is -3.11. The first-order valence-corrected chi connectivity index (χ1v) is 10.9. The minimum atomic E-state index is -3.94. The van der Waals surface area contributed by atoms with Crippen LogP contribution in [0.5, 0.6) is 11.5 Å². The van der Waals surface area contributed by atoms with Crippen LogP contribution in [0, 0.1) is 0 Å². The molecule has 2 aromatic carbocycles. The third-order valence-corrected chi connectivity index (χ3v) is 6.96. The molecule has 2 aliphatic heterocycles. The molecule has 0 spiro atoms. The molecule has 158 valence electrons. The average molecular weight is 431 g/mol. The van der Waals surface area contributed by atoms with Crippen molar-refractivity contribution in [2.45, 2.75) is 23.8 Å². The Balaban J connectivity index is 1.55. The van der Waals surface area contributed by atoms with Crippen molar-refractivity contribution < 1.29 is 27.5 Å². The fourth-order valence-electron chi connectivity index (χ4n) is 3.55. The SMILES string of the molecule is COc1ccc(NC(=O)[C@@H]2CCCN2S(=O)(=O)c2ccc3c(c2)NC(=O)CO3)cc1. The summed E-state index contributed by atoms with van der Waals surface area (Å²) in [7, 11) is -2.39. The molecule has 2 heterocycles. The van der Waals surface area contributed by atoms with Crippen LogP contribution < -0.4 is 20.1 Å². The van der Waals surface area contributed by atoms with E-state index in [4.69, 9.17) is 9.47 Å². The van der Waals surface area contributed by atoms with Gasteiger partial charge in [0.15, 0.2) is 6.61 Å². The first-order valence-electron chi connectivity index (χ1n) is 9.42. The van der Waals surface area contributed by atoms with Crippen LogP contribution in [-0.2, 0) is 19.6 Å². The molecule has 1 saturated heterocycles. The maximum Gasteiger partial charge on any atom is 0.262 e. The number of sulfonamides is 1. The number of hydrogen-bond acceptors (Lipinski definition) is 6. The Bertz CT molecular complexity index is 1080. The van der Waals surface area contributed by atoms with E-state index >= 15 is 0 Å². The largest absolute Gasteiger partial charge is 0.497 e. The van der Waals surface area contributed by atoms with Crippen LogP contribution in [0.15, 0.2) is 47.4 Å². The summed E-state index contributed by atoms with van der Waals surface area (Å²) in [5, 5.41) is 5.37. The van der Waals surface area contributed by atoms with Gasteiger partial charge in [0, 0.05) is 12.2 Å². The third kappa shape index (κ3) is 3.83. The minimum absolute atomic E-state index is 0.00352. The molecule has 2 N–H and O–H groups in total. The van der Waals surface area contributed by atoms with Gasteiger partial charge >= 0.3 is 0 Å². The number of amides is 2. The maximum atomic E-state index is 13.2.